The van der Waals surface area contributed by atoms with Gasteiger partial charge in [0.05, 0.1) is 7.11 Å². The van der Waals surface area contributed by atoms with Gasteiger partial charge in [0.25, 0.3) is 0 Å². The lowest BCUT2D eigenvalue weighted by Crippen LogP contribution is -2.11. The molecule has 0 bridgehead atoms. The van der Waals surface area contributed by atoms with Crippen molar-refractivity contribution in [3.8, 4) is 0 Å². The summed E-state index contributed by atoms with van der Waals surface area (Å²) in [7, 11) is 1.27. The fraction of sp³-hybridized carbons (Fsp3) is 0.133. The molecular formula is C15H14F2N2O2. The Hall–Kier alpha value is -2.63. The molecule has 0 saturated carbocycles. The molecule has 0 aliphatic heterocycles. The number of amides is 1. The summed E-state index contributed by atoms with van der Waals surface area (Å²) in [5.41, 5.74) is 1.58. The molecule has 0 radical (unpaired) electrons. The van der Waals surface area contributed by atoms with Crippen molar-refractivity contribution in [2.24, 2.45) is 0 Å². The highest BCUT2D eigenvalue weighted by molar-refractivity contribution is 5.85. The minimum absolute atomic E-state index is 0.202. The maximum atomic E-state index is 13.5. The molecule has 110 valence electrons. The molecular weight excluding hydrogens is 278 g/mol. The Bertz CT molecular complexity index is 647. The first kappa shape index (κ1) is 14.8. The predicted molar refractivity (Wildman–Crippen MR) is 76.2 cm³/mol. The molecule has 0 aliphatic carbocycles. The van der Waals surface area contributed by atoms with Crippen LogP contribution in [0.15, 0.2) is 42.5 Å². The van der Waals surface area contributed by atoms with Crippen molar-refractivity contribution >= 4 is 17.5 Å². The Morgan fingerprint density at radius 3 is 2.62 bits per heavy atom. The number of methoxy groups -OCH3 is 1. The molecule has 0 aromatic heterocycles. The summed E-state index contributed by atoms with van der Waals surface area (Å²) in [6.45, 7) is 0.202. The highest BCUT2D eigenvalue weighted by Gasteiger charge is 2.05. The van der Waals surface area contributed by atoms with E-state index in [0.29, 0.717) is 16.9 Å². The van der Waals surface area contributed by atoms with Crippen LogP contribution in [0.1, 0.15) is 5.56 Å². The third kappa shape index (κ3) is 4.17. The minimum atomic E-state index is -0.611. The Morgan fingerprint density at radius 2 is 1.90 bits per heavy atom. The van der Waals surface area contributed by atoms with Gasteiger partial charge in [-0.1, -0.05) is 12.1 Å². The van der Waals surface area contributed by atoms with Gasteiger partial charge in [-0.15, -0.1) is 0 Å². The second-order valence-electron chi connectivity index (χ2n) is 4.29. The molecule has 0 heterocycles. The Balaban J connectivity index is 2.03. The molecule has 0 unspecified atom stereocenters. The standard InChI is InChI=1S/C15H14F2N2O2/c1-21-15(20)19-13-4-2-3-12(8-13)18-9-10-5-6-11(16)7-14(10)17/h2-8,18H,9H2,1H3,(H,19,20). The first-order chi connectivity index (χ1) is 10.1. The number of hydrogen-bond donors (Lipinski definition) is 2. The number of carbonyl (C=O) groups is 1. The predicted octanol–water partition coefficient (Wildman–Crippen LogP) is 3.76. The van der Waals surface area contributed by atoms with Crippen LogP contribution in [0, 0.1) is 11.6 Å². The van der Waals surface area contributed by atoms with Gasteiger partial charge in [-0.25, -0.2) is 13.6 Å². The van der Waals surface area contributed by atoms with Crippen LogP contribution in [0.4, 0.5) is 25.0 Å². The number of anilines is 2. The van der Waals surface area contributed by atoms with Crippen molar-refractivity contribution in [1.29, 1.82) is 0 Å². The largest absolute Gasteiger partial charge is 0.453 e. The number of carbonyl (C=O) groups excluding carboxylic acids is 1. The van der Waals surface area contributed by atoms with Gasteiger partial charge in [-0.2, -0.15) is 0 Å². The van der Waals surface area contributed by atoms with Crippen molar-refractivity contribution in [2.45, 2.75) is 6.54 Å². The van der Waals surface area contributed by atoms with E-state index in [9.17, 15) is 13.6 Å². The van der Waals surface area contributed by atoms with E-state index < -0.39 is 17.7 Å². The zero-order chi connectivity index (χ0) is 15.2. The smallest absolute Gasteiger partial charge is 0.411 e. The van der Waals surface area contributed by atoms with E-state index in [1.54, 1.807) is 24.3 Å². The lowest BCUT2D eigenvalue weighted by Gasteiger charge is -2.09. The summed E-state index contributed by atoms with van der Waals surface area (Å²) >= 11 is 0. The van der Waals surface area contributed by atoms with Crippen LogP contribution < -0.4 is 10.6 Å². The molecule has 2 aromatic carbocycles. The Morgan fingerprint density at radius 1 is 1.14 bits per heavy atom. The number of halogens is 2. The van der Waals surface area contributed by atoms with Crippen molar-refractivity contribution in [3.05, 3.63) is 59.7 Å². The zero-order valence-corrected chi connectivity index (χ0v) is 11.3. The molecule has 0 aliphatic rings. The van der Waals surface area contributed by atoms with Crippen molar-refractivity contribution in [3.63, 3.8) is 0 Å². The van der Waals surface area contributed by atoms with Crippen LogP contribution in [0.3, 0.4) is 0 Å². The average molecular weight is 292 g/mol. The average Bonchev–Trinajstić information content (AvgIpc) is 2.46. The normalized spacial score (nSPS) is 10.0. The SMILES string of the molecule is COC(=O)Nc1cccc(NCc2ccc(F)cc2F)c1. The molecule has 0 spiro atoms. The van der Waals surface area contributed by atoms with Gasteiger partial charge < -0.3 is 10.1 Å². The van der Waals surface area contributed by atoms with E-state index in [2.05, 4.69) is 15.4 Å². The molecule has 1 amide bonds. The van der Waals surface area contributed by atoms with Gasteiger partial charge in [-0.3, -0.25) is 5.32 Å². The van der Waals surface area contributed by atoms with Crippen LogP contribution in [-0.2, 0) is 11.3 Å². The van der Waals surface area contributed by atoms with Crippen LogP contribution >= 0.6 is 0 Å². The summed E-state index contributed by atoms with van der Waals surface area (Å²) in [5.74, 6) is -1.22. The Kier molecular flexibility index (Phi) is 4.71. The Labute approximate surface area is 120 Å². The van der Waals surface area contributed by atoms with E-state index in [1.807, 2.05) is 0 Å². The van der Waals surface area contributed by atoms with Crippen LogP contribution in [-0.4, -0.2) is 13.2 Å². The van der Waals surface area contributed by atoms with Gasteiger partial charge >= 0.3 is 6.09 Å². The summed E-state index contributed by atoms with van der Waals surface area (Å²) in [6.07, 6.45) is -0.572. The van der Waals surface area contributed by atoms with Crippen LogP contribution in [0.2, 0.25) is 0 Å². The molecule has 0 saturated heterocycles. The summed E-state index contributed by atoms with van der Waals surface area (Å²) in [6, 6.07) is 10.3. The first-order valence-electron chi connectivity index (χ1n) is 6.21. The summed E-state index contributed by atoms with van der Waals surface area (Å²) < 4.78 is 30.8. The van der Waals surface area contributed by atoms with Crippen LogP contribution in [0.25, 0.3) is 0 Å². The summed E-state index contributed by atoms with van der Waals surface area (Å²) in [4.78, 5) is 11.1. The molecule has 21 heavy (non-hydrogen) atoms. The molecule has 0 fully saturated rings. The fourth-order valence-corrected chi connectivity index (χ4v) is 1.74. The maximum Gasteiger partial charge on any atom is 0.411 e. The third-order valence-electron chi connectivity index (χ3n) is 2.79. The fourth-order valence-electron chi connectivity index (χ4n) is 1.74. The van der Waals surface area contributed by atoms with Gasteiger partial charge in [0, 0.05) is 29.5 Å². The topological polar surface area (TPSA) is 50.4 Å². The number of benzene rings is 2. The minimum Gasteiger partial charge on any atom is -0.453 e. The van der Waals surface area contributed by atoms with Gasteiger partial charge in [0.15, 0.2) is 0 Å². The van der Waals surface area contributed by atoms with E-state index in [4.69, 9.17) is 0 Å². The van der Waals surface area contributed by atoms with Crippen molar-refractivity contribution in [1.82, 2.24) is 0 Å². The second kappa shape index (κ2) is 6.69. The molecule has 2 rings (SSSR count). The van der Waals surface area contributed by atoms with E-state index >= 15 is 0 Å². The molecule has 6 heteroatoms. The third-order valence-corrected chi connectivity index (χ3v) is 2.79. The van der Waals surface area contributed by atoms with Crippen LogP contribution in [0.5, 0.6) is 0 Å². The second-order valence-corrected chi connectivity index (χ2v) is 4.29. The number of ether oxygens (including phenoxy) is 1. The first-order valence-corrected chi connectivity index (χ1v) is 6.21. The quantitative estimate of drug-likeness (QED) is 0.902. The summed E-state index contributed by atoms with van der Waals surface area (Å²) in [5, 5.41) is 5.52. The van der Waals surface area contributed by atoms with E-state index in [-0.39, 0.29) is 6.54 Å². The van der Waals surface area contributed by atoms with Gasteiger partial charge in [0.2, 0.25) is 0 Å². The van der Waals surface area contributed by atoms with Crippen molar-refractivity contribution in [2.75, 3.05) is 17.7 Å². The van der Waals surface area contributed by atoms with E-state index in [1.165, 1.54) is 19.2 Å². The monoisotopic (exact) mass is 292 g/mol. The highest BCUT2D eigenvalue weighted by Crippen LogP contribution is 2.17. The molecule has 0 atom stereocenters. The van der Waals surface area contributed by atoms with Crippen molar-refractivity contribution < 1.29 is 18.3 Å². The van der Waals surface area contributed by atoms with E-state index in [0.717, 1.165) is 6.07 Å². The van der Waals surface area contributed by atoms with Gasteiger partial charge in [0.1, 0.15) is 11.6 Å². The maximum absolute atomic E-state index is 13.5. The lowest BCUT2D eigenvalue weighted by molar-refractivity contribution is 0.187. The van der Waals surface area contributed by atoms with Gasteiger partial charge in [-0.05, 0) is 24.3 Å². The number of nitrogens with one attached hydrogen (secondary N) is 2. The molecule has 4 nitrogen and oxygen atoms in total. The highest BCUT2D eigenvalue weighted by atomic mass is 19.1. The molecule has 2 N–H and O–H groups in total. The zero-order valence-electron chi connectivity index (χ0n) is 11.3. The number of hydrogen-bond acceptors (Lipinski definition) is 3. The number of rotatable bonds is 4. The lowest BCUT2D eigenvalue weighted by atomic mass is 10.2. The molecule has 2 aromatic rings.